The molecular formula is C33H44FN7O5. The molecule has 1 aliphatic heterocycles. The molecule has 2 aromatic carbocycles. The molecule has 13 heteroatoms. The molecule has 0 aliphatic carbocycles. The number of rotatable bonds is 11. The topological polar surface area (TPSA) is 124 Å². The molecular weight excluding hydrogens is 593 g/mol. The summed E-state index contributed by atoms with van der Waals surface area (Å²) < 4.78 is 24.7. The second kappa shape index (κ2) is 14.3. The number of aryl methyl sites for hydroxylation is 2. The van der Waals surface area contributed by atoms with Crippen LogP contribution in [-0.2, 0) is 27.4 Å². The highest BCUT2D eigenvalue weighted by molar-refractivity contribution is 5.87. The Morgan fingerprint density at radius 1 is 1.07 bits per heavy atom. The summed E-state index contributed by atoms with van der Waals surface area (Å²) in [4.78, 5) is 47.3. The fraction of sp³-hybridized carbons (Fsp3) is 0.485. The van der Waals surface area contributed by atoms with Gasteiger partial charge < -0.3 is 24.4 Å². The normalized spacial score (nSPS) is 13.0. The number of amides is 3. The predicted octanol–water partition coefficient (Wildman–Crippen LogP) is 4.45. The van der Waals surface area contributed by atoms with Crippen molar-refractivity contribution in [1.29, 1.82) is 0 Å². The van der Waals surface area contributed by atoms with Crippen molar-refractivity contribution in [2.24, 2.45) is 0 Å². The van der Waals surface area contributed by atoms with E-state index in [0.717, 1.165) is 16.7 Å². The van der Waals surface area contributed by atoms with Crippen molar-refractivity contribution >= 4 is 23.6 Å². The molecule has 3 amide bonds. The molecule has 0 radical (unpaired) electrons. The summed E-state index contributed by atoms with van der Waals surface area (Å²) in [5.41, 5.74) is 3.27. The van der Waals surface area contributed by atoms with E-state index in [1.165, 1.54) is 17.1 Å². The molecule has 0 unspecified atom stereocenters. The van der Waals surface area contributed by atoms with Crippen molar-refractivity contribution in [2.75, 3.05) is 38.1 Å². The van der Waals surface area contributed by atoms with E-state index in [0.29, 0.717) is 36.1 Å². The number of anilines is 1. The molecule has 46 heavy (non-hydrogen) atoms. The molecule has 0 saturated carbocycles. The van der Waals surface area contributed by atoms with Gasteiger partial charge in [-0.2, -0.15) is 4.98 Å². The van der Waals surface area contributed by atoms with Crippen LogP contribution < -0.4 is 10.2 Å². The molecule has 12 nitrogen and oxygen atoms in total. The summed E-state index contributed by atoms with van der Waals surface area (Å²) in [6.07, 6.45) is -0.456. The number of halogens is 1. The highest BCUT2D eigenvalue weighted by atomic mass is 19.1. The van der Waals surface area contributed by atoms with Crippen molar-refractivity contribution in [3.8, 4) is 11.5 Å². The lowest BCUT2D eigenvalue weighted by Gasteiger charge is -2.32. The largest absolute Gasteiger partial charge is 0.444 e. The first kappa shape index (κ1) is 34.4. The van der Waals surface area contributed by atoms with Crippen LogP contribution in [0.15, 0.2) is 40.9 Å². The van der Waals surface area contributed by atoms with Crippen LogP contribution in [0.4, 0.5) is 14.9 Å². The van der Waals surface area contributed by atoms with Crippen LogP contribution in [0, 0.1) is 19.7 Å². The maximum atomic E-state index is 13.8. The van der Waals surface area contributed by atoms with Gasteiger partial charge in [-0.25, -0.2) is 14.2 Å². The molecule has 248 valence electrons. The molecule has 0 bridgehead atoms. The average Bonchev–Trinajstić information content (AvgIpc) is 3.59. The van der Waals surface area contributed by atoms with Gasteiger partial charge in [-0.3, -0.25) is 14.6 Å². The standard InChI is InChI=1S/C33H44FN7O5/c1-21(2)41(32(44)45-33(5,6)7)14-13-35-29(42)19-39(28-16-24(10-9-22(28)3)31-36-23(4)37-46-31)20-30(43)38(8)40-17-25-11-12-27(34)15-26(25)18-40/h9-12,15-16,21H,13-14,17-20H2,1-8H3,(H,35,42). The van der Waals surface area contributed by atoms with E-state index in [1.54, 1.807) is 50.6 Å². The Labute approximate surface area is 269 Å². The smallest absolute Gasteiger partial charge is 0.410 e. The number of hydrazine groups is 1. The monoisotopic (exact) mass is 637 g/mol. The number of aromatic nitrogens is 2. The maximum absolute atomic E-state index is 13.8. The summed E-state index contributed by atoms with van der Waals surface area (Å²) in [6, 6.07) is 10.0. The van der Waals surface area contributed by atoms with Gasteiger partial charge in [0, 0.05) is 50.5 Å². The quantitative estimate of drug-likeness (QED) is 0.325. The molecule has 0 spiro atoms. The van der Waals surface area contributed by atoms with Crippen molar-refractivity contribution in [2.45, 2.75) is 73.2 Å². The number of carbonyl (C=O) groups excluding carboxylic acids is 3. The van der Waals surface area contributed by atoms with Gasteiger partial charge in [0.1, 0.15) is 11.4 Å². The molecule has 0 fully saturated rings. The van der Waals surface area contributed by atoms with Gasteiger partial charge in [0.15, 0.2) is 5.82 Å². The maximum Gasteiger partial charge on any atom is 0.410 e. The van der Waals surface area contributed by atoms with Crippen molar-refractivity contribution in [3.05, 3.63) is 64.7 Å². The summed E-state index contributed by atoms with van der Waals surface area (Å²) >= 11 is 0. The third-order valence-electron chi connectivity index (χ3n) is 7.57. The summed E-state index contributed by atoms with van der Waals surface area (Å²) in [7, 11) is 1.67. The minimum absolute atomic E-state index is 0.117. The minimum atomic E-state index is -0.645. The number of likely N-dealkylation sites (N-methyl/N-ethyl adjacent to an activating group) is 1. The van der Waals surface area contributed by atoms with Crippen LogP contribution in [0.5, 0.6) is 0 Å². The van der Waals surface area contributed by atoms with Gasteiger partial charge in [0.05, 0.1) is 13.1 Å². The second-order valence-corrected chi connectivity index (χ2v) is 12.8. The highest BCUT2D eigenvalue weighted by Gasteiger charge is 2.28. The van der Waals surface area contributed by atoms with Gasteiger partial charge >= 0.3 is 6.09 Å². The van der Waals surface area contributed by atoms with Gasteiger partial charge in [0.2, 0.25) is 5.91 Å². The molecule has 1 aliphatic rings. The molecule has 4 rings (SSSR count). The van der Waals surface area contributed by atoms with Crippen LogP contribution in [0.25, 0.3) is 11.5 Å². The minimum Gasteiger partial charge on any atom is -0.444 e. The molecule has 0 atom stereocenters. The van der Waals surface area contributed by atoms with E-state index in [4.69, 9.17) is 9.26 Å². The average molecular weight is 638 g/mol. The van der Waals surface area contributed by atoms with Gasteiger partial charge in [-0.05, 0) is 89.4 Å². The van der Waals surface area contributed by atoms with E-state index < -0.39 is 11.7 Å². The fourth-order valence-corrected chi connectivity index (χ4v) is 5.13. The summed E-state index contributed by atoms with van der Waals surface area (Å²) in [5.74, 6) is -0.0921. The van der Waals surface area contributed by atoms with Crippen LogP contribution in [0.3, 0.4) is 0 Å². The second-order valence-electron chi connectivity index (χ2n) is 12.8. The summed E-state index contributed by atoms with van der Waals surface area (Å²) in [6.45, 7) is 13.8. The van der Waals surface area contributed by atoms with Crippen molar-refractivity contribution < 1.29 is 28.0 Å². The van der Waals surface area contributed by atoms with Gasteiger partial charge in [0.25, 0.3) is 11.8 Å². The Balaban J connectivity index is 1.50. The van der Waals surface area contributed by atoms with E-state index in [9.17, 15) is 18.8 Å². The molecule has 2 heterocycles. The number of carbonyl (C=O) groups is 3. The van der Waals surface area contributed by atoms with Crippen LogP contribution in [0.2, 0.25) is 0 Å². The molecule has 1 aromatic heterocycles. The summed E-state index contributed by atoms with van der Waals surface area (Å²) in [5, 5.41) is 10.1. The predicted molar refractivity (Wildman–Crippen MR) is 171 cm³/mol. The Morgan fingerprint density at radius 3 is 2.43 bits per heavy atom. The lowest BCUT2D eigenvalue weighted by molar-refractivity contribution is -0.145. The Morgan fingerprint density at radius 2 is 1.78 bits per heavy atom. The Hall–Kier alpha value is -4.52. The van der Waals surface area contributed by atoms with Crippen LogP contribution in [0.1, 0.15) is 57.1 Å². The van der Waals surface area contributed by atoms with E-state index in [1.807, 2.05) is 44.0 Å². The number of ether oxygens (including phenoxy) is 1. The lowest BCUT2D eigenvalue weighted by Crippen LogP contribution is -2.49. The number of hydrogen-bond acceptors (Lipinski definition) is 9. The molecule has 3 aromatic rings. The molecule has 0 saturated heterocycles. The van der Waals surface area contributed by atoms with Crippen LogP contribution >= 0.6 is 0 Å². The van der Waals surface area contributed by atoms with Crippen LogP contribution in [-0.4, -0.2) is 87.8 Å². The Bertz CT molecular complexity index is 1570. The van der Waals surface area contributed by atoms with Gasteiger partial charge in [-0.15, -0.1) is 0 Å². The lowest BCUT2D eigenvalue weighted by atomic mass is 10.1. The third kappa shape index (κ3) is 8.81. The number of nitrogens with one attached hydrogen (secondary N) is 1. The Kier molecular flexibility index (Phi) is 10.7. The zero-order valence-electron chi connectivity index (χ0n) is 27.9. The number of fused-ring (bicyclic) bond motifs is 1. The zero-order chi connectivity index (χ0) is 33.8. The van der Waals surface area contributed by atoms with E-state index in [-0.39, 0.29) is 49.9 Å². The molecule has 1 N–H and O–H groups in total. The SMILES string of the molecule is Cc1noc(-c2ccc(C)c(N(CC(=O)NCCN(C(=O)OC(C)(C)C)C(C)C)CC(=O)N(C)N3Cc4ccc(F)cc4C3)c2)n1. The highest BCUT2D eigenvalue weighted by Crippen LogP contribution is 2.28. The van der Waals surface area contributed by atoms with E-state index >= 15 is 0 Å². The van der Waals surface area contributed by atoms with E-state index in [2.05, 4.69) is 15.5 Å². The fourth-order valence-electron chi connectivity index (χ4n) is 5.13. The number of benzene rings is 2. The zero-order valence-corrected chi connectivity index (χ0v) is 27.9. The first-order valence-corrected chi connectivity index (χ1v) is 15.3. The number of nitrogens with zero attached hydrogens (tertiary/aromatic N) is 6. The third-order valence-corrected chi connectivity index (χ3v) is 7.57. The van der Waals surface area contributed by atoms with Gasteiger partial charge in [-0.1, -0.05) is 17.3 Å². The first-order chi connectivity index (χ1) is 21.6. The van der Waals surface area contributed by atoms with Crippen molar-refractivity contribution in [3.63, 3.8) is 0 Å². The van der Waals surface area contributed by atoms with Crippen molar-refractivity contribution in [1.82, 2.24) is 30.4 Å². The first-order valence-electron chi connectivity index (χ1n) is 15.3. The number of hydrogen-bond donors (Lipinski definition) is 1.